The molecule has 0 spiro atoms. The van der Waals surface area contributed by atoms with Gasteiger partial charge in [0.15, 0.2) is 17.5 Å². The Morgan fingerprint density at radius 2 is 1.63 bits per heavy atom. The van der Waals surface area contributed by atoms with Crippen molar-refractivity contribution in [3.05, 3.63) is 56.2 Å². The molecular formula is C10H4F4N2O3. The van der Waals surface area contributed by atoms with Gasteiger partial charge in [0, 0.05) is 0 Å². The average molecular weight is 276 g/mol. The Hall–Kier alpha value is -2.58. The molecule has 0 fully saturated rings. The fraction of sp³-hybridized carbons (Fsp3) is 0. The van der Waals surface area contributed by atoms with Gasteiger partial charge in [0.05, 0.1) is 5.69 Å². The molecule has 0 aliphatic heterocycles. The lowest BCUT2D eigenvalue weighted by molar-refractivity contribution is 0.380. The summed E-state index contributed by atoms with van der Waals surface area (Å²) in [5, 5.41) is 9.28. The molecular weight excluding hydrogens is 272 g/mol. The number of aromatic amines is 1. The van der Waals surface area contributed by atoms with Crippen LogP contribution in [0.25, 0.3) is 5.69 Å². The maximum atomic E-state index is 13.4. The van der Waals surface area contributed by atoms with Crippen LogP contribution in [-0.2, 0) is 0 Å². The van der Waals surface area contributed by atoms with Gasteiger partial charge in [0.2, 0.25) is 11.7 Å². The van der Waals surface area contributed by atoms with E-state index in [1.165, 1.54) is 4.98 Å². The Morgan fingerprint density at radius 3 is 2.26 bits per heavy atom. The van der Waals surface area contributed by atoms with Gasteiger partial charge in [-0.3, -0.25) is 9.78 Å². The van der Waals surface area contributed by atoms with E-state index >= 15 is 0 Å². The second kappa shape index (κ2) is 4.26. The van der Waals surface area contributed by atoms with Gasteiger partial charge in [-0.2, -0.15) is 4.39 Å². The molecule has 1 heterocycles. The molecule has 19 heavy (non-hydrogen) atoms. The van der Waals surface area contributed by atoms with Crippen LogP contribution in [0.1, 0.15) is 0 Å². The summed E-state index contributed by atoms with van der Waals surface area (Å²) in [6.45, 7) is 0. The Bertz CT molecular complexity index is 782. The van der Waals surface area contributed by atoms with Gasteiger partial charge in [0.1, 0.15) is 0 Å². The van der Waals surface area contributed by atoms with E-state index in [0.717, 1.165) is 0 Å². The van der Waals surface area contributed by atoms with E-state index in [4.69, 9.17) is 0 Å². The molecule has 0 aliphatic rings. The Kier molecular flexibility index (Phi) is 2.89. The molecule has 0 saturated heterocycles. The minimum Gasteiger partial charge on any atom is -0.492 e. The molecule has 5 nitrogen and oxygen atoms in total. The first-order chi connectivity index (χ1) is 8.84. The first-order valence-corrected chi connectivity index (χ1v) is 4.72. The fourth-order valence-electron chi connectivity index (χ4n) is 1.42. The third kappa shape index (κ3) is 1.88. The maximum absolute atomic E-state index is 13.4. The van der Waals surface area contributed by atoms with E-state index < -0.39 is 46.1 Å². The molecule has 9 heteroatoms. The van der Waals surface area contributed by atoms with Crippen molar-refractivity contribution in [1.82, 2.24) is 9.55 Å². The number of rotatable bonds is 1. The second-order valence-electron chi connectivity index (χ2n) is 3.43. The van der Waals surface area contributed by atoms with Crippen LogP contribution in [0.3, 0.4) is 0 Å². The van der Waals surface area contributed by atoms with Crippen molar-refractivity contribution in [2.75, 3.05) is 0 Å². The SMILES string of the molecule is O=c1[nH]c(=O)n(-c2ccc(F)c(F)c2F)c(O)c1F. The van der Waals surface area contributed by atoms with Gasteiger partial charge < -0.3 is 5.11 Å². The van der Waals surface area contributed by atoms with Crippen molar-refractivity contribution >= 4 is 0 Å². The summed E-state index contributed by atoms with van der Waals surface area (Å²) >= 11 is 0. The molecule has 2 N–H and O–H groups in total. The zero-order valence-electron chi connectivity index (χ0n) is 8.88. The number of nitrogens with one attached hydrogen (secondary N) is 1. The van der Waals surface area contributed by atoms with Crippen molar-refractivity contribution in [3.63, 3.8) is 0 Å². The number of hydrogen-bond acceptors (Lipinski definition) is 3. The predicted molar refractivity (Wildman–Crippen MR) is 54.2 cm³/mol. The fourth-order valence-corrected chi connectivity index (χ4v) is 1.42. The lowest BCUT2D eigenvalue weighted by Gasteiger charge is -2.09. The summed E-state index contributed by atoms with van der Waals surface area (Å²) in [5.41, 5.74) is -3.88. The minimum absolute atomic E-state index is 0.0331. The summed E-state index contributed by atoms with van der Waals surface area (Å²) in [6.07, 6.45) is 0. The Labute approximate surface area is 101 Å². The van der Waals surface area contributed by atoms with E-state index in [1.54, 1.807) is 0 Å². The van der Waals surface area contributed by atoms with Crippen molar-refractivity contribution in [2.24, 2.45) is 0 Å². The highest BCUT2D eigenvalue weighted by Gasteiger charge is 2.21. The van der Waals surface area contributed by atoms with Gasteiger partial charge in [-0.25, -0.2) is 22.5 Å². The molecule has 2 aromatic rings. The summed E-state index contributed by atoms with van der Waals surface area (Å²) in [7, 11) is 0. The van der Waals surface area contributed by atoms with Crippen LogP contribution < -0.4 is 11.2 Å². The van der Waals surface area contributed by atoms with Gasteiger partial charge in [-0.1, -0.05) is 0 Å². The molecule has 0 amide bonds. The van der Waals surface area contributed by atoms with Gasteiger partial charge in [-0.15, -0.1) is 0 Å². The molecule has 0 bridgehead atoms. The molecule has 0 saturated carbocycles. The quantitative estimate of drug-likeness (QED) is 0.597. The molecule has 0 unspecified atom stereocenters. The summed E-state index contributed by atoms with van der Waals surface area (Å²) in [4.78, 5) is 23.6. The molecule has 1 aromatic heterocycles. The maximum Gasteiger partial charge on any atom is 0.336 e. The van der Waals surface area contributed by atoms with Crippen molar-refractivity contribution in [3.8, 4) is 11.6 Å². The standard InChI is InChI=1S/C10H4F4N2O3/c11-3-1-2-4(6(13)5(3)12)16-9(18)7(14)8(17)15-10(16)19/h1-2,18H,(H,15,17,19). The van der Waals surface area contributed by atoms with Gasteiger partial charge in [0.25, 0.3) is 5.56 Å². The van der Waals surface area contributed by atoms with Crippen molar-refractivity contribution in [2.45, 2.75) is 0 Å². The van der Waals surface area contributed by atoms with Crippen molar-refractivity contribution < 1.29 is 22.7 Å². The van der Waals surface area contributed by atoms with E-state index in [-0.39, 0.29) is 4.57 Å². The molecule has 0 radical (unpaired) electrons. The summed E-state index contributed by atoms with van der Waals surface area (Å²) < 4.78 is 52.3. The number of halogens is 4. The predicted octanol–water partition coefficient (Wildman–Crippen LogP) is 0.788. The smallest absolute Gasteiger partial charge is 0.336 e. The Morgan fingerprint density at radius 1 is 1.00 bits per heavy atom. The first-order valence-electron chi connectivity index (χ1n) is 4.72. The molecule has 100 valence electrons. The van der Waals surface area contributed by atoms with Crippen LogP contribution in [0.5, 0.6) is 5.88 Å². The topological polar surface area (TPSA) is 75.1 Å². The summed E-state index contributed by atoms with van der Waals surface area (Å²) in [5.74, 6) is -8.53. The number of hydrogen-bond donors (Lipinski definition) is 2. The third-order valence-corrected chi connectivity index (χ3v) is 2.29. The van der Waals surface area contributed by atoms with E-state index in [1.807, 2.05) is 0 Å². The summed E-state index contributed by atoms with van der Waals surface area (Å²) in [6, 6.07) is 1.08. The average Bonchev–Trinajstić information content (AvgIpc) is 2.36. The van der Waals surface area contributed by atoms with E-state index in [9.17, 15) is 32.3 Å². The Balaban J connectivity index is 2.88. The van der Waals surface area contributed by atoms with E-state index in [0.29, 0.717) is 12.1 Å². The minimum atomic E-state index is -1.91. The van der Waals surface area contributed by atoms with Crippen LogP contribution in [0.15, 0.2) is 21.7 Å². The van der Waals surface area contributed by atoms with Crippen LogP contribution in [-0.4, -0.2) is 14.7 Å². The lowest BCUT2D eigenvalue weighted by atomic mass is 10.2. The first kappa shape index (κ1) is 12.9. The monoisotopic (exact) mass is 276 g/mol. The number of benzene rings is 1. The zero-order chi connectivity index (χ0) is 14.3. The number of aromatic hydroxyl groups is 1. The number of H-pyrrole nitrogens is 1. The molecule has 1 aromatic carbocycles. The highest BCUT2D eigenvalue weighted by molar-refractivity contribution is 5.38. The van der Waals surface area contributed by atoms with Crippen LogP contribution in [0, 0.1) is 23.3 Å². The third-order valence-electron chi connectivity index (χ3n) is 2.29. The number of aromatic nitrogens is 2. The highest BCUT2D eigenvalue weighted by atomic mass is 19.2. The molecule has 2 rings (SSSR count). The van der Waals surface area contributed by atoms with E-state index in [2.05, 4.69) is 0 Å². The molecule has 0 aliphatic carbocycles. The van der Waals surface area contributed by atoms with Crippen LogP contribution >= 0.6 is 0 Å². The lowest BCUT2D eigenvalue weighted by Crippen LogP contribution is -2.31. The molecule has 0 atom stereocenters. The number of nitrogens with zero attached hydrogens (tertiary/aromatic N) is 1. The normalized spacial score (nSPS) is 10.7. The van der Waals surface area contributed by atoms with Gasteiger partial charge >= 0.3 is 5.69 Å². The highest BCUT2D eigenvalue weighted by Crippen LogP contribution is 2.21. The van der Waals surface area contributed by atoms with Crippen molar-refractivity contribution in [1.29, 1.82) is 0 Å². The largest absolute Gasteiger partial charge is 0.492 e. The zero-order valence-corrected chi connectivity index (χ0v) is 8.88. The second-order valence-corrected chi connectivity index (χ2v) is 3.43. The van der Waals surface area contributed by atoms with Crippen LogP contribution in [0.4, 0.5) is 17.6 Å². The van der Waals surface area contributed by atoms with Crippen LogP contribution in [0.2, 0.25) is 0 Å². The van der Waals surface area contributed by atoms with Gasteiger partial charge in [-0.05, 0) is 12.1 Å².